The molecule has 5 nitrogen and oxygen atoms in total. The Morgan fingerprint density at radius 1 is 1.06 bits per heavy atom. The Morgan fingerprint density at radius 2 is 1.84 bits per heavy atom. The molecule has 0 radical (unpaired) electrons. The van der Waals surface area contributed by atoms with Crippen molar-refractivity contribution in [1.29, 1.82) is 0 Å². The Balaban J connectivity index is 1.63. The van der Waals surface area contributed by atoms with Crippen molar-refractivity contribution in [2.24, 2.45) is 0 Å². The number of benzene rings is 1. The molecule has 2 fully saturated rings. The van der Waals surface area contributed by atoms with Crippen LogP contribution in [0.3, 0.4) is 0 Å². The highest BCUT2D eigenvalue weighted by Crippen LogP contribution is 2.43. The monoisotopic (exact) mass is 446 g/mol. The van der Waals surface area contributed by atoms with E-state index >= 15 is 0 Å². The first kappa shape index (κ1) is 21.2. The van der Waals surface area contributed by atoms with Crippen LogP contribution in [-0.2, 0) is 4.74 Å². The van der Waals surface area contributed by atoms with E-state index in [2.05, 4.69) is 72.0 Å². The second-order valence-electron chi connectivity index (χ2n) is 8.79. The van der Waals surface area contributed by atoms with Gasteiger partial charge in [0, 0.05) is 42.0 Å². The first-order valence-electron chi connectivity index (χ1n) is 11.4. The molecular weight excluding hydrogens is 416 g/mol. The summed E-state index contributed by atoms with van der Waals surface area (Å²) in [4.78, 5) is 7.04. The van der Waals surface area contributed by atoms with E-state index in [1.165, 1.54) is 28.2 Å². The molecule has 32 heavy (non-hydrogen) atoms. The lowest BCUT2D eigenvalue weighted by atomic mass is 9.93. The van der Waals surface area contributed by atoms with Crippen molar-refractivity contribution in [2.75, 3.05) is 13.2 Å². The SMILES string of the molecule is Cc1c([C@@H]2[C@H](c3ccccn3)NC(=S)N2C[C@H]2CCCO2)c(C)n(-c2ccccc2)c1C. The standard InChI is InChI=1S/C26H30N4OS/c1-17-18(2)30(20-10-5-4-6-11-20)19(3)23(17)25-24(22-13-7-8-14-27-22)28-26(32)29(25)16-21-12-9-15-31-21/h4-8,10-11,13-14,21,24-25H,9,12,15-16H2,1-3H3,(H,28,32)/t21-,24+,25-/m1/s1. The Bertz CT molecular complexity index is 1110. The third-order valence-corrected chi connectivity index (χ3v) is 7.29. The van der Waals surface area contributed by atoms with Crippen LogP contribution in [0.5, 0.6) is 0 Å². The number of nitrogens with one attached hydrogen (secondary N) is 1. The molecular formula is C26H30N4OS. The Labute approximate surface area is 195 Å². The molecule has 2 aliphatic heterocycles. The lowest BCUT2D eigenvalue weighted by Gasteiger charge is -2.30. The van der Waals surface area contributed by atoms with Gasteiger partial charge in [-0.25, -0.2) is 0 Å². The van der Waals surface area contributed by atoms with Gasteiger partial charge >= 0.3 is 0 Å². The van der Waals surface area contributed by atoms with Crippen LogP contribution in [-0.4, -0.2) is 38.8 Å². The summed E-state index contributed by atoms with van der Waals surface area (Å²) in [6, 6.07) is 16.7. The molecule has 1 N–H and O–H groups in total. The number of ether oxygens (including phenoxy) is 1. The van der Waals surface area contributed by atoms with Crippen LogP contribution in [0.4, 0.5) is 0 Å². The van der Waals surface area contributed by atoms with Crippen molar-refractivity contribution in [3.63, 3.8) is 0 Å². The predicted octanol–water partition coefficient (Wildman–Crippen LogP) is 4.95. The van der Waals surface area contributed by atoms with Gasteiger partial charge in [0.25, 0.3) is 0 Å². The minimum atomic E-state index is -0.00599. The van der Waals surface area contributed by atoms with Crippen molar-refractivity contribution in [3.05, 3.63) is 82.9 Å². The maximum Gasteiger partial charge on any atom is 0.170 e. The Hall–Kier alpha value is -2.70. The average Bonchev–Trinajstić information content (AvgIpc) is 3.49. The number of pyridine rings is 1. The van der Waals surface area contributed by atoms with Gasteiger partial charge in [0.05, 0.1) is 23.9 Å². The molecule has 2 aromatic heterocycles. The third-order valence-electron chi connectivity index (χ3n) is 6.94. The number of para-hydroxylation sites is 1. The third kappa shape index (κ3) is 3.61. The number of nitrogens with zero attached hydrogens (tertiary/aromatic N) is 3. The summed E-state index contributed by atoms with van der Waals surface area (Å²) in [6.07, 6.45) is 4.29. The van der Waals surface area contributed by atoms with Gasteiger partial charge in [-0.05, 0) is 75.7 Å². The molecule has 1 aromatic carbocycles. The summed E-state index contributed by atoms with van der Waals surface area (Å²) in [7, 11) is 0. The van der Waals surface area contributed by atoms with Gasteiger partial charge in [-0.15, -0.1) is 0 Å². The Kier molecular flexibility index (Phi) is 5.74. The van der Waals surface area contributed by atoms with Gasteiger partial charge in [-0.1, -0.05) is 24.3 Å². The van der Waals surface area contributed by atoms with E-state index < -0.39 is 0 Å². The lowest BCUT2D eigenvalue weighted by molar-refractivity contribution is 0.0841. The summed E-state index contributed by atoms with van der Waals surface area (Å²) < 4.78 is 8.36. The van der Waals surface area contributed by atoms with Gasteiger partial charge < -0.3 is 19.5 Å². The maximum absolute atomic E-state index is 6.00. The number of hydrogen-bond acceptors (Lipinski definition) is 3. The van der Waals surface area contributed by atoms with Crippen LogP contribution in [0.2, 0.25) is 0 Å². The highest BCUT2D eigenvalue weighted by atomic mass is 32.1. The van der Waals surface area contributed by atoms with Crippen LogP contribution in [0.1, 0.15) is 53.1 Å². The summed E-state index contributed by atoms with van der Waals surface area (Å²) in [5.41, 5.74) is 7.34. The second kappa shape index (κ2) is 8.68. The minimum absolute atomic E-state index is 0.00599. The van der Waals surface area contributed by atoms with Crippen LogP contribution < -0.4 is 5.32 Å². The predicted molar refractivity (Wildman–Crippen MR) is 131 cm³/mol. The largest absolute Gasteiger partial charge is 0.376 e. The van der Waals surface area contributed by atoms with Crippen molar-refractivity contribution in [3.8, 4) is 5.69 Å². The molecule has 2 saturated heterocycles. The highest BCUT2D eigenvalue weighted by Gasteiger charge is 2.43. The smallest absolute Gasteiger partial charge is 0.170 e. The zero-order chi connectivity index (χ0) is 22.2. The van der Waals surface area contributed by atoms with E-state index in [1.807, 2.05) is 18.3 Å². The maximum atomic E-state index is 6.00. The van der Waals surface area contributed by atoms with Crippen molar-refractivity contribution < 1.29 is 4.74 Å². The number of rotatable bonds is 5. The number of aromatic nitrogens is 2. The number of hydrogen-bond donors (Lipinski definition) is 1. The molecule has 0 bridgehead atoms. The first-order chi connectivity index (χ1) is 15.6. The molecule has 0 spiro atoms. The number of thiocarbonyl (C=S) groups is 1. The normalized spacial score (nSPS) is 23.0. The van der Waals surface area contributed by atoms with Gasteiger partial charge in [-0.3, -0.25) is 4.98 Å². The van der Waals surface area contributed by atoms with E-state index in [-0.39, 0.29) is 18.2 Å². The van der Waals surface area contributed by atoms with Crippen LogP contribution >= 0.6 is 12.2 Å². The average molecular weight is 447 g/mol. The molecule has 2 aliphatic rings. The minimum Gasteiger partial charge on any atom is -0.376 e. The molecule has 5 rings (SSSR count). The van der Waals surface area contributed by atoms with Gasteiger partial charge in [-0.2, -0.15) is 0 Å². The van der Waals surface area contributed by atoms with Crippen LogP contribution in [0.25, 0.3) is 5.69 Å². The van der Waals surface area contributed by atoms with E-state index in [9.17, 15) is 0 Å². The molecule has 166 valence electrons. The summed E-state index contributed by atoms with van der Waals surface area (Å²) in [6.45, 7) is 8.31. The topological polar surface area (TPSA) is 42.3 Å². The molecule has 0 saturated carbocycles. The zero-order valence-electron chi connectivity index (χ0n) is 18.9. The van der Waals surface area contributed by atoms with E-state index in [1.54, 1.807) is 0 Å². The molecule has 3 atom stereocenters. The van der Waals surface area contributed by atoms with Gasteiger partial charge in [0.1, 0.15) is 0 Å². The Morgan fingerprint density at radius 3 is 2.53 bits per heavy atom. The summed E-state index contributed by atoms with van der Waals surface area (Å²) in [5, 5.41) is 4.38. The van der Waals surface area contributed by atoms with Crippen molar-refractivity contribution >= 4 is 17.3 Å². The fraction of sp³-hybridized carbons (Fsp3) is 0.385. The van der Waals surface area contributed by atoms with E-state index in [0.717, 1.165) is 36.8 Å². The fourth-order valence-electron chi connectivity index (χ4n) is 5.33. The van der Waals surface area contributed by atoms with Gasteiger partial charge in [0.15, 0.2) is 5.11 Å². The van der Waals surface area contributed by atoms with Crippen molar-refractivity contribution in [1.82, 2.24) is 19.8 Å². The van der Waals surface area contributed by atoms with Crippen molar-refractivity contribution in [2.45, 2.75) is 51.8 Å². The summed E-state index contributed by atoms with van der Waals surface area (Å²) in [5.74, 6) is 0. The fourth-order valence-corrected chi connectivity index (χ4v) is 5.64. The highest BCUT2D eigenvalue weighted by molar-refractivity contribution is 7.80. The summed E-state index contributed by atoms with van der Waals surface area (Å²) >= 11 is 5.87. The second-order valence-corrected chi connectivity index (χ2v) is 9.18. The molecule has 4 heterocycles. The van der Waals surface area contributed by atoms with Gasteiger partial charge in [0.2, 0.25) is 0 Å². The molecule has 3 aromatic rings. The molecule has 0 unspecified atom stereocenters. The van der Waals surface area contributed by atoms with Crippen LogP contribution in [0, 0.1) is 20.8 Å². The zero-order valence-corrected chi connectivity index (χ0v) is 19.7. The molecule has 0 amide bonds. The molecule has 0 aliphatic carbocycles. The first-order valence-corrected chi connectivity index (χ1v) is 11.8. The van der Waals surface area contributed by atoms with E-state index in [0.29, 0.717) is 0 Å². The van der Waals surface area contributed by atoms with E-state index in [4.69, 9.17) is 21.9 Å². The quantitative estimate of drug-likeness (QED) is 0.562. The lowest BCUT2D eigenvalue weighted by Crippen LogP contribution is -2.36. The van der Waals surface area contributed by atoms with Crippen LogP contribution in [0.15, 0.2) is 54.7 Å². The molecule has 6 heteroatoms.